The number of benzene rings is 1. The molecule has 0 radical (unpaired) electrons. The van der Waals surface area contributed by atoms with E-state index in [9.17, 15) is 8.42 Å². The molecular weight excluding hydrogens is 496 g/mol. The molecule has 1 aliphatic rings. The van der Waals surface area contributed by atoms with Crippen LogP contribution in [0.1, 0.15) is 25.3 Å². The lowest BCUT2D eigenvalue weighted by molar-refractivity contribution is 0.0979. The molecule has 0 amide bonds. The van der Waals surface area contributed by atoms with Gasteiger partial charge in [0.2, 0.25) is 28.6 Å². The lowest BCUT2D eigenvalue weighted by Gasteiger charge is -2.36. The summed E-state index contributed by atoms with van der Waals surface area (Å²) < 4.78 is 35.9. The quantitative estimate of drug-likeness (QED) is 0.276. The SMILES string of the molecule is COc1ncc(-c2cc(-c3nnc(CN4CCN(C(C)C)CC4)o3)c3cn[nH]c3c2)cc1CN[SH](=O)=O. The van der Waals surface area contributed by atoms with Crippen LogP contribution >= 0.6 is 0 Å². The van der Waals surface area contributed by atoms with E-state index in [1.807, 2.05) is 18.2 Å². The number of ether oxygens (including phenoxy) is 1. The predicted molar refractivity (Wildman–Crippen MR) is 138 cm³/mol. The van der Waals surface area contributed by atoms with Gasteiger partial charge in [0.25, 0.3) is 0 Å². The molecule has 4 aromatic rings. The minimum Gasteiger partial charge on any atom is -0.481 e. The van der Waals surface area contributed by atoms with Crippen LogP contribution in [0, 0.1) is 0 Å². The summed E-state index contributed by atoms with van der Waals surface area (Å²) in [5.74, 6) is 1.34. The van der Waals surface area contributed by atoms with Crippen LogP contribution in [0.4, 0.5) is 0 Å². The van der Waals surface area contributed by atoms with Crippen molar-refractivity contribution in [2.75, 3.05) is 33.3 Å². The van der Waals surface area contributed by atoms with Crippen LogP contribution < -0.4 is 9.46 Å². The van der Waals surface area contributed by atoms with Gasteiger partial charge in [0, 0.05) is 61.5 Å². The van der Waals surface area contributed by atoms with E-state index in [-0.39, 0.29) is 6.54 Å². The van der Waals surface area contributed by atoms with Crippen LogP contribution in [-0.2, 0) is 24.0 Å². The molecule has 1 aromatic carbocycles. The number of methoxy groups -OCH3 is 1. The number of rotatable bonds is 9. The summed E-state index contributed by atoms with van der Waals surface area (Å²) >= 11 is 0. The van der Waals surface area contributed by atoms with E-state index in [0.29, 0.717) is 35.8 Å². The van der Waals surface area contributed by atoms with Gasteiger partial charge in [-0.25, -0.2) is 18.1 Å². The highest BCUT2D eigenvalue weighted by molar-refractivity contribution is 7.70. The number of piperazine rings is 1. The van der Waals surface area contributed by atoms with Gasteiger partial charge in [-0.1, -0.05) is 0 Å². The first-order valence-corrected chi connectivity index (χ1v) is 13.3. The number of nitrogens with zero attached hydrogens (tertiary/aromatic N) is 6. The van der Waals surface area contributed by atoms with Crippen molar-refractivity contribution in [1.29, 1.82) is 0 Å². The van der Waals surface area contributed by atoms with Crippen molar-refractivity contribution < 1.29 is 17.6 Å². The Morgan fingerprint density at radius 3 is 2.65 bits per heavy atom. The molecule has 12 nitrogen and oxygen atoms in total. The Hall–Kier alpha value is -3.39. The van der Waals surface area contributed by atoms with E-state index in [1.54, 1.807) is 12.4 Å². The second-order valence-corrected chi connectivity index (χ2v) is 10.1. The number of fused-ring (bicyclic) bond motifs is 1. The molecule has 0 unspecified atom stereocenters. The number of hydrogen-bond acceptors (Lipinski definition) is 10. The van der Waals surface area contributed by atoms with E-state index >= 15 is 0 Å². The van der Waals surface area contributed by atoms with Gasteiger partial charge >= 0.3 is 0 Å². The molecular formula is C24H30N8O4S. The number of aromatic nitrogens is 5. The zero-order valence-electron chi connectivity index (χ0n) is 21.0. The lowest BCUT2D eigenvalue weighted by Crippen LogP contribution is -2.48. The van der Waals surface area contributed by atoms with E-state index in [1.165, 1.54) is 7.11 Å². The molecule has 0 bridgehead atoms. The van der Waals surface area contributed by atoms with Crippen molar-refractivity contribution in [2.45, 2.75) is 33.0 Å². The Morgan fingerprint density at radius 2 is 1.92 bits per heavy atom. The molecule has 0 saturated carbocycles. The average molecular weight is 527 g/mol. The van der Waals surface area contributed by atoms with Crippen LogP contribution in [0.2, 0.25) is 0 Å². The first kappa shape index (κ1) is 25.3. The van der Waals surface area contributed by atoms with E-state index < -0.39 is 10.9 Å². The standard InChI is InChI=1S/C24H30N8O4S/c1-15(2)32-6-4-31(5-7-32)14-22-29-30-24(36-22)19-9-16(10-21-20(19)13-26-28-21)17-8-18(12-27-37(33)34)23(35-3)25-11-17/h8-11,13,15,37H,4-7,12,14H2,1-3H3,(H,26,28)(H,27,33,34). The minimum absolute atomic E-state index is 0.0698. The third-order valence-corrected chi connectivity index (χ3v) is 7.02. The Bertz CT molecular complexity index is 1450. The predicted octanol–water partition coefficient (Wildman–Crippen LogP) is 1.83. The van der Waals surface area contributed by atoms with Crippen LogP contribution in [0.15, 0.2) is 35.0 Å². The number of hydrogen-bond donors (Lipinski definition) is 3. The van der Waals surface area contributed by atoms with Crippen molar-refractivity contribution in [1.82, 2.24) is 39.9 Å². The van der Waals surface area contributed by atoms with Gasteiger partial charge in [-0.3, -0.25) is 14.9 Å². The van der Waals surface area contributed by atoms with E-state index in [2.05, 4.69) is 53.7 Å². The maximum atomic E-state index is 11.0. The minimum atomic E-state index is -2.75. The maximum absolute atomic E-state index is 11.0. The molecule has 1 aliphatic heterocycles. The van der Waals surface area contributed by atoms with Crippen molar-refractivity contribution in [3.05, 3.63) is 42.0 Å². The smallest absolute Gasteiger partial charge is 0.248 e. The van der Waals surface area contributed by atoms with Gasteiger partial charge in [-0.2, -0.15) is 5.10 Å². The van der Waals surface area contributed by atoms with Crippen LogP contribution in [0.25, 0.3) is 33.5 Å². The van der Waals surface area contributed by atoms with Crippen molar-refractivity contribution in [3.63, 3.8) is 0 Å². The topological polar surface area (TPSA) is 142 Å². The van der Waals surface area contributed by atoms with Gasteiger partial charge in [-0.05, 0) is 37.6 Å². The highest BCUT2D eigenvalue weighted by atomic mass is 32.2. The number of aromatic amines is 1. The first-order chi connectivity index (χ1) is 17.9. The monoisotopic (exact) mass is 526 g/mol. The fraction of sp³-hybridized carbons (Fsp3) is 0.417. The average Bonchev–Trinajstić information content (AvgIpc) is 3.56. The van der Waals surface area contributed by atoms with Crippen molar-refractivity contribution in [2.24, 2.45) is 0 Å². The van der Waals surface area contributed by atoms with Gasteiger partial charge in [0.05, 0.1) is 30.9 Å². The normalized spacial score (nSPS) is 15.3. The third kappa shape index (κ3) is 5.64. The Kier molecular flexibility index (Phi) is 7.46. The number of pyridine rings is 1. The van der Waals surface area contributed by atoms with Crippen LogP contribution in [-0.4, -0.2) is 82.9 Å². The number of thiol groups is 1. The van der Waals surface area contributed by atoms with Gasteiger partial charge < -0.3 is 9.15 Å². The maximum Gasteiger partial charge on any atom is 0.248 e. The second kappa shape index (κ2) is 10.9. The summed E-state index contributed by atoms with van der Waals surface area (Å²) in [6.45, 7) is 9.08. The number of nitrogens with one attached hydrogen (secondary N) is 2. The Balaban J connectivity index is 1.42. The summed E-state index contributed by atoms with van der Waals surface area (Å²) in [5.41, 5.74) is 3.78. The lowest BCUT2D eigenvalue weighted by atomic mass is 10.0. The molecule has 4 heterocycles. The van der Waals surface area contributed by atoms with Crippen LogP contribution in [0.5, 0.6) is 5.88 Å². The third-order valence-electron chi connectivity index (χ3n) is 6.60. The second-order valence-electron chi connectivity index (χ2n) is 9.25. The van der Waals surface area contributed by atoms with Gasteiger partial charge in [-0.15, -0.1) is 10.2 Å². The number of H-pyrrole nitrogens is 1. The highest BCUT2D eigenvalue weighted by Crippen LogP contribution is 2.34. The van der Waals surface area contributed by atoms with Crippen LogP contribution in [0.3, 0.4) is 0 Å². The summed E-state index contributed by atoms with van der Waals surface area (Å²) in [6, 6.07) is 6.29. The fourth-order valence-electron chi connectivity index (χ4n) is 4.57. The summed E-state index contributed by atoms with van der Waals surface area (Å²) in [6.07, 6.45) is 3.41. The zero-order valence-corrected chi connectivity index (χ0v) is 21.9. The molecule has 1 fully saturated rings. The summed E-state index contributed by atoms with van der Waals surface area (Å²) in [5, 5.41) is 16.7. The van der Waals surface area contributed by atoms with E-state index in [0.717, 1.165) is 53.8 Å². The molecule has 0 aliphatic carbocycles. The first-order valence-electron chi connectivity index (χ1n) is 12.1. The molecule has 2 N–H and O–H groups in total. The molecule has 5 rings (SSSR count). The van der Waals surface area contributed by atoms with Crippen molar-refractivity contribution in [3.8, 4) is 28.5 Å². The molecule has 1 saturated heterocycles. The fourth-order valence-corrected chi connectivity index (χ4v) is 4.87. The van der Waals surface area contributed by atoms with Gasteiger partial charge in [0.1, 0.15) is 0 Å². The molecule has 13 heteroatoms. The zero-order chi connectivity index (χ0) is 25.9. The highest BCUT2D eigenvalue weighted by Gasteiger charge is 2.22. The molecule has 0 atom stereocenters. The Labute approximate surface area is 216 Å². The van der Waals surface area contributed by atoms with Crippen molar-refractivity contribution >= 4 is 21.8 Å². The molecule has 0 spiro atoms. The molecule has 37 heavy (non-hydrogen) atoms. The summed E-state index contributed by atoms with van der Waals surface area (Å²) in [7, 11) is -1.25. The van der Waals surface area contributed by atoms with Gasteiger partial charge in [0.15, 0.2) is 0 Å². The largest absolute Gasteiger partial charge is 0.481 e. The van der Waals surface area contributed by atoms with E-state index in [4.69, 9.17) is 9.15 Å². The molecule has 196 valence electrons. The summed E-state index contributed by atoms with van der Waals surface area (Å²) in [4.78, 5) is 9.15. The molecule has 3 aromatic heterocycles. The Morgan fingerprint density at radius 1 is 1.11 bits per heavy atom.